The van der Waals surface area contributed by atoms with Gasteiger partial charge >= 0.3 is 0 Å². The normalized spacial score (nSPS) is 10.9. The zero-order valence-corrected chi connectivity index (χ0v) is 19.6. The summed E-state index contributed by atoms with van der Waals surface area (Å²) in [6.07, 6.45) is 1.61. The van der Waals surface area contributed by atoms with Gasteiger partial charge in [-0.05, 0) is 70.4 Å². The summed E-state index contributed by atoms with van der Waals surface area (Å²) < 4.78 is 25.3. The van der Waals surface area contributed by atoms with Gasteiger partial charge in [0.25, 0.3) is 0 Å². The minimum atomic E-state index is -0.345. The zero-order valence-electron chi connectivity index (χ0n) is 17.3. The standard InChI is InChI=1S/C24H21BrClFN2O3/c1-2-31-22-12-18(14-28-29-24(30)11-16-5-9-20(27)10-6-16)21(25)13-23(22)32-15-17-3-7-19(26)8-4-17/h3-10,12-14H,2,11,15H2,1H3,(H,29,30)/b28-14+. The summed E-state index contributed by atoms with van der Waals surface area (Å²) in [4.78, 5) is 12.1. The number of hydrogen-bond donors (Lipinski definition) is 1. The lowest BCUT2D eigenvalue weighted by Crippen LogP contribution is -2.19. The molecule has 0 unspecified atom stereocenters. The monoisotopic (exact) mass is 518 g/mol. The molecule has 1 amide bonds. The van der Waals surface area contributed by atoms with E-state index in [0.717, 1.165) is 10.0 Å². The van der Waals surface area contributed by atoms with Gasteiger partial charge in [0.1, 0.15) is 12.4 Å². The van der Waals surface area contributed by atoms with Gasteiger partial charge < -0.3 is 9.47 Å². The molecule has 0 saturated heterocycles. The van der Waals surface area contributed by atoms with Crippen molar-refractivity contribution in [3.8, 4) is 11.5 Å². The van der Waals surface area contributed by atoms with Crippen LogP contribution < -0.4 is 14.9 Å². The van der Waals surface area contributed by atoms with Crippen molar-refractivity contribution in [1.29, 1.82) is 0 Å². The molecule has 32 heavy (non-hydrogen) atoms. The SMILES string of the molecule is CCOc1cc(/C=N/NC(=O)Cc2ccc(F)cc2)c(Br)cc1OCc1ccc(Cl)cc1. The van der Waals surface area contributed by atoms with E-state index in [9.17, 15) is 9.18 Å². The summed E-state index contributed by atoms with van der Waals surface area (Å²) in [6, 6.07) is 16.7. The number of carbonyl (C=O) groups excluding carboxylic acids is 1. The molecule has 166 valence electrons. The van der Waals surface area contributed by atoms with Gasteiger partial charge in [-0.25, -0.2) is 9.82 Å². The molecule has 0 bridgehead atoms. The van der Waals surface area contributed by atoms with Crippen LogP contribution in [0.4, 0.5) is 4.39 Å². The number of hydrogen-bond acceptors (Lipinski definition) is 4. The van der Waals surface area contributed by atoms with Gasteiger partial charge in [0.05, 0.1) is 19.2 Å². The van der Waals surface area contributed by atoms with Crippen molar-refractivity contribution in [2.45, 2.75) is 20.0 Å². The Morgan fingerprint density at radius 2 is 1.72 bits per heavy atom. The van der Waals surface area contributed by atoms with Crippen LogP contribution in [-0.4, -0.2) is 18.7 Å². The predicted octanol–water partition coefficient (Wildman–Crippen LogP) is 5.91. The maximum atomic E-state index is 13.0. The Morgan fingerprint density at radius 3 is 2.41 bits per heavy atom. The highest BCUT2D eigenvalue weighted by atomic mass is 79.9. The third-order valence-corrected chi connectivity index (χ3v) is 5.28. The number of halogens is 3. The van der Waals surface area contributed by atoms with Gasteiger partial charge in [0, 0.05) is 15.1 Å². The van der Waals surface area contributed by atoms with Crippen LogP contribution >= 0.6 is 27.5 Å². The molecular weight excluding hydrogens is 499 g/mol. The van der Waals surface area contributed by atoms with E-state index in [1.165, 1.54) is 18.3 Å². The summed E-state index contributed by atoms with van der Waals surface area (Å²) in [5.74, 6) is 0.481. The van der Waals surface area contributed by atoms with Crippen LogP contribution in [0.3, 0.4) is 0 Å². The van der Waals surface area contributed by atoms with Crippen LogP contribution in [0.2, 0.25) is 5.02 Å². The third kappa shape index (κ3) is 7.07. The molecule has 0 aliphatic carbocycles. The quantitative estimate of drug-likeness (QED) is 0.282. The molecule has 0 fully saturated rings. The largest absolute Gasteiger partial charge is 0.490 e. The second-order valence-corrected chi connectivity index (χ2v) is 8.06. The van der Waals surface area contributed by atoms with Crippen molar-refractivity contribution >= 4 is 39.7 Å². The number of hydrazone groups is 1. The molecule has 1 N–H and O–H groups in total. The molecule has 0 saturated carbocycles. The summed E-state index contributed by atoms with van der Waals surface area (Å²) in [7, 11) is 0. The summed E-state index contributed by atoms with van der Waals surface area (Å²) in [6.45, 7) is 2.70. The van der Waals surface area contributed by atoms with Gasteiger partial charge in [-0.1, -0.05) is 35.9 Å². The van der Waals surface area contributed by atoms with E-state index < -0.39 is 0 Å². The molecule has 0 atom stereocenters. The molecule has 3 aromatic rings. The van der Waals surface area contributed by atoms with Gasteiger partial charge in [-0.15, -0.1) is 0 Å². The number of ether oxygens (including phenoxy) is 2. The lowest BCUT2D eigenvalue weighted by molar-refractivity contribution is -0.120. The molecule has 3 rings (SSSR count). The van der Waals surface area contributed by atoms with Crippen molar-refractivity contribution < 1.29 is 18.7 Å². The Labute approximate surface area is 199 Å². The Kier molecular flexibility index (Phi) is 8.64. The molecule has 0 spiro atoms. The molecule has 0 aliphatic heterocycles. The van der Waals surface area contributed by atoms with E-state index in [0.29, 0.717) is 40.9 Å². The Bertz CT molecular complexity index is 1090. The second kappa shape index (κ2) is 11.6. The summed E-state index contributed by atoms with van der Waals surface area (Å²) in [5, 5.41) is 4.68. The fraction of sp³-hybridized carbons (Fsp3) is 0.167. The highest BCUT2D eigenvalue weighted by Gasteiger charge is 2.11. The number of nitrogens with zero attached hydrogens (tertiary/aromatic N) is 1. The number of rotatable bonds is 9. The molecule has 0 aliphatic rings. The first kappa shape index (κ1) is 23.8. The molecule has 8 heteroatoms. The predicted molar refractivity (Wildman–Crippen MR) is 127 cm³/mol. The minimum absolute atomic E-state index is 0.0977. The van der Waals surface area contributed by atoms with Crippen molar-refractivity contribution in [1.82, 2.24) is 5.43 Å². The molecule has 5 nitrogen and oxygen atoms in total. The highest BCUT2D eigenvalue weighted by molar-refractivity contribution is 9.10. The number of benzene rings is 3. The lowest BCUT2D eigenvalue weighted by Gasteiger charge is -2.14. The first-order valence-corrected chi connectivity index (χ1v) is 11.0. The van der Waals surface area contributed by atoms with E-state index in [-0.39, 0.29) is 18.1 Å². The first-order chi connectivity index (χ1) is 15.4. The summed E-state index contributed by atoms with van der Waals surface area (Å²) in [5.41, 5.74) is 4.84. The lowest BCUT2D eigenvalue weighted by atomic mass is 10.1. The van der Waals surface area contributed by atoms with Gasteiger partial charge in [-0.3, -0.25) is 4.79 Å². The molecule has 0 radical (unpaired) electrons. The topological polar surface area (TPSA) is 59.9 Å². The van der Waals surface area contributed by atoms with Crippen LogP contribution in [-0.2, 0) is 17.8 Å². The Balaban J connectivity index is 1.65. The van der Waals surface area contributed by atoms with Crippen LogP contribution in [0.25, 0.3) is 0 Å². The number of carbonyl (C=O) groups is 1. The summed E-state index contributed by atoms with van der Waals surface area (Å²) >= 11 is 9.43. The van der Waals surface area contributed by atoms with Crippen LogP contribution in [0.5, 0.6) is 11.5 Å². The fourth-order valence-corrected chi connectivity index (χ4v) is 3.32. The smallest absolute Gasteiger partial charge is 0.244 e. The van der Waals surface area contributed by atoms with E-state index >= 15 is 0 Å². The highest BCUT2D eigenvalue weighted by Crippen LogP contribution is 2.34. The van der Waals surface area contributed by atoms with Crippen LogP contribution in [0, 0.1) is 5.82 Å². The number of amides is 1. The molecule has 0 aromatic heterocycles. The third-order valence-electron chi connectivity index (χ3n) is 4.34. The average molecular weight is 520 g/mol. The van der Waals surface area contributed by atoms with Gasteiger partial charge in [0.2, 0.25) is 5.91 Å². The van der Waals surface area contributed by atoms with Crippen LogP contribution in [0.15, 0.2) is 70.2 Å². The average Bonchev–Trinajstić information content (AvgIpc) is 2.77. The molecule has 0 heterocycles. The van der Waals surface area contributed by atoms with Crippen molar-refractivity contribution in [3.63, 3.8) is 0 Å². The van der Waals surface area contributed by atoms with Crippen LogP contribution in [0.1, 0.15) is 23.6 Å². The van der Waals surface area contributed by atoms with Crippen molar-refractivity contribution in [3.05, 3.63) is 92.7 Å². The van der Waals surface area contributed by atoms with Crippen molar-refractivity contribution in [2.75, 3.05) is 6.61 Å². The first-order valence-electron chi connectivity index (χ1n) is 9.84. The van der Waals surface area contributed by atoms with E-state index in [1.54, 1.807) is 24.3 Å². The van der Waals surface area contributed by atoms with E-state index in [1.807, 2.05) is 31.2 Å². The van der Waals surface area contributed by atoms with E-state index in [4.69, 9.17) is 21.1 Å². The zero-order chi connectivity index (χ0) is 22.9. The van der Waals surface area contributed by atoms with Crippen molar-refractivity contribution in [2.24, 2.45) is 5.10 Å². The maximum absolute atomic E-state index is 13.0. The maximum Gasteiger partial charge on any atom is 0.244 e. The van der Waals surface area contributed by atoms with Gasteiger partial charge in [-0.2, -0.15) is 5.10 Å². The Morgan fingerprint density at radius 1 is 1.06 bits per heavy atom. The molecular formula is C24H21BrClFN2O3. The second-order valence-electron chi connectivity index (χ2n) is 6.77. The van der Waals surface area contributed by atoms with E-state index in [2.05, 4.69) is 26.5 Å². The number of nitrogens with one attached hydrogen (secondary N) is 1. The fourth-order valence-electron chi connectivity index (χ4n) is 2.77. The Hall–Kier alpha value is -2.90. The molecule has 3 aromatic carbocycles. The minimum Gasteiger partial charge on any atom is -0.490 e. The van der Waals surface area contributed by atoms with Gasteiger partial charge in [0.15, 0.2) is 11.5 Å².